The second kappa shape index (κ2) is 7.15. The van der Waals surface area contributed by atoms with E-state index in [1.165, 1.54) is 0 Å². The van der Waals surface area contributed by atoms with Crippen molar-refractivity contribution in [1.29, 1.82) is 0 Å². The van der Waals surface area contributed by atoms with Crippen molar-refractivity contribution in [3.8, 4) is 10.6 Å². The van der Waals surface area contributed by atoms with Gasteiger partial charge in [0.15, 0.2) is 0 Å². The number of thiazole rings is 1. The number of carbonyl (C=O) groups is 1. The molecule has 0 saturated heterocycles. The quantitative estimate of drug-likeness (QED) is 0.420. The molecule has 0 aliphatic rings. The maximum Gasteiger partial charge on any atom is 0.258 e. The molecule has 4 rings (SSSR count). The standard InChI is InChI=1S/C19H11BrClN3OS/c20-12-6-7-14(21)13(9-12)18(25)24-17-8-5-11(10-22-17)19-23-15-3-1-2-4-16(15)26-19/h1-10H,(H,22,24,25). The number of aromatic nitrogens is 2. The highest BCUT2D eigenvalue weighted by molar-refractivity contribution is 9.10. The van der Waals surface area contributed by atoms with Crippen LogP contribution in [0.3, 0.4) is 0 Å². The number of para-hydroxylation sites is 1. The maximum atomic E-state index is 12.4. The van der Waals surface area contributed by atoms with Gasteiger partial charge in [-0.15, -0.1) is 11.3 Å². The van der Waals surface area contributed by atoms with Crippen LogP contribution in [0.4, 0.5) is 5.82 Å². The molecule has 0 saturated carbocycles. The zero-order valence-electron chi connectivity index (χ0n) is 13.2. The first-order chi connectivity index (χ1) is 12.6. The summed E-state index contributed by atoms with van der Waals surface area (Å²) >= 11 is 11.0. The van der Waals surface area contributed by atoms with E-state index in [9.17, 15) is 4.79 Å². The first-order valence-electron chi connectivity index (χ1n) is 7.68. The summed E-state index contributed by atoms with van der Waals surface area (Å²) in [6, 6.07) is 16.8. The maximum absolute atomic E-state index is 12.4. The fraction of sp³-hybridized carbons (Fsp3) is 0. The molecule has 4 aromatic rings. The Balaban J connectivity index is 1.56. The van der Waals surface area contributed by atoms with Crippen LogP contribution in [0.15, 0.2) is 65.3 Å². The molecule has 0 aliphatic heterocycles. The first-order valence-corrected chi connectivity index (χ1v) is 9.67. The van der Waals surface area contributed by atoms with Gasteiger partial charge in [0.05, 0.1) is 20.8 Å². The van der Waals surface area contributed by atoms with Gasteiger partial charge in [0, 0.05) is 16.2 Å². The van der Waals surface area contributed by atoms with Crippen LogP contribution in [-0.4, -0.2) is 15.9 Å². The molecular formula is C19H11BrClN3OS. The average Bonchev–Trinajstić information content (AvgIpc) is 3.08. The Hall–Kier alpha value is -2.28. The first kappa shape index (κ1) is 17.1. The summed E-state index contributed by atoms with van der Waals surface area (Å²) in [6.45, 7) is 0. The minimum Gasteiger partial charge on any atom is -0.307 e. The molecule has 1 amide bonds. The predicted octanol–water partition coefficient (Wildman–Crippen LogP) is 6.03. The van der Waals surface area contributed by atoms with Crippen LogP contribution in [0.5, 0.6) is 0 Å². The van der Waals surface area contributed by atoms with Crippen molar-refractivity contribution in [3.05, 3.63) is 75.9 Å². The molecule has 0 atom stereocenters. The number of hydrogen-bond donors (Lipinski definition) is 1. The van der Waals surface area contributed by atoms with E-state index in [0.717, 1.165) is 25.3 Å². The van der Waals surface area contributed by atoms with Gasteiger partial charge < -0.3 is 5.32 Å². The highest BCUT2D eigenvalue weighted by Gasteiger charge is 2.12. The molecule has 0 bridgehead atoms. The molecule has 0 fully saturated rings. The molecule has 0 spiro atoms. The van der Waals surface area contributed by atoms with Crippen molar-refractivity contribution in [2.24, 2.45) is 0 Å². The number of benzene rings is 2. The lowest BCUT2D eigenvalue weighted by molar-refractivity contribution is 0.102. The Morgan fingerprint density at radius 3 is 2.73 bits per heavy atom. The number of nitrogens with one attached hydrogen (secondary N) is 1. The fourth-order valence-electron chi connectivity index (χ4n) is 2.45. The van der Waals surface area contributed by atoms with Gasteiger partial charge >= 0.3 is 0 Å². The van der Waals surface area contributed by atoms with E-state index in [1.807, 2.05) is 30.3 Å². The van der Waals surface area contributed by atoms with Gasteiger partial charge in [-0.3, -0.25) is 4.79 Å². The lowest BCUT2D eigenvalue weighted by Crippen LogP contribution is -2.13. The summed E-state index contributed by atoms with van der Waals surface area (Å²) in [4.78, 5) is 21.3. The van der Waals surface area contributed by atoms with Crippen LogP contribution in [-0.2, 0) is 0 Å². The van der Waals surface area contributed by atoms with Crippen molar-refractivity contribution in [2.45, 2.75) is 0 Å². The monoisotopic (exact) mass is 443 g/mol. The highest BCUT2D eigenvalue weighted by atomic mass is 79.9. The minimum absolute atomic E-state index is 0.309. The summed E-state index contributed by atoms with van der Waals surface area (Å²) in [6.07, 6.45) is 1.70. The number of amides is 1. The number of rotatable bonds is 3. The summed E-state index contributed by atoms with van der Waals surface area (Å²) in [5.74, 6) is 0.146. The molecule has 4 nitrogen and oxygen atoms in total. The fourth-order valence-corrected chi connectivity index (χ4v) is 3.97. The second-order valence-corrected chi connectivity index (χ2v) is 7.85. The zero-order valence-corrected chi connectivity index (χ0v) is 16.4. The number of carbonyl (C=O) groups excluding carboxylic acids is 1. The molecule has 1 N–H and O–H groups in total. The molecule has 0 unspecified atom stereocenters. The van der Waals surface area contributed by atoms with Crippen LogP contribution in [0.2, 0.25) is 5.02 Å². The normalized spacial score (nSPS) is 10.8. The van der Waals surface area contributed by atoms with E-state index in [2.05, 4.69) is 31.2 Å². The average molecular weight is 445 g/mol. The van der Waals surface area contributed by atoms with Gasteiger partial charge in [0.25, 0.3) is 5.91 Å². The minimum atomic E-state index is -0.309. The molecular weight excluding hydrogens is 434 g/mol. The van der Waals surface area contributed by atoms with Gasteiger partial charge in [-0.25, -0.2) is 9.97 Å². The Labute approximate surface area is 167 Å². The number of halogens is 2. The van der Waals surface area contributed by atoms with E-state index in [0.29, 0.717) is 16.4 Å². The molecule has 0 radical (unpaired) electrons. The van der Waals surface area contributed by atoms with Crippen molar-refractivity contribution >= 4 is 60.8 Å². The van der Waals surface area contributed by atoms with Crippen LogP contribution in [0.25, 0.3) is 20.8 Å². The van der Waals surface area contributed by atoms with Crippen LogP contribution >= 0.6 is 38.9 Å². The lowest BCUT2D eigenvalue weighted by Gasteiger charge is -2.07. The molecule has 7 heteroatoms. The number of hydrogen-bond acceptors (Lipinski definition) is 4. The third-order valence-corrected chi connectivity index (χ3v) is 5.63. The summed E-state index contributed by atoms with van der Waals surface area (Å²) in [5, 5.41) is 4.04. The van der Waals surface area contributed by atoms with Gasteiger partial charge in [0.2, 0.25) is 0 Å². The largest absolute Gasteiger partial charge is 0.307 e. The number of nitrogens with zero attached hydrogens (tertiary/aromatic N) is 2. The summed E-state index contributed by atoms with van der Waals surface area (Å²) < 4.78 is 1.91. The van der Waals surface area contributed by atoms with E-state index in [-0.39, 0.29) is 5.91 Å². The topological polar surface area (TPSA) is 54.9 Å². The third kappa shape index (κ3) is 3.49. The summed E-state index contributed by atoms with van der Waals surface area (Å²) in [5.41, 5.74) is 2.26. The SMILES string of the molecule is O=C(Nc1ccc(-c2nc3ccccc3s2)cn1)c1cc(Br)ccc1Cl. The Morgan fingerprint density at radius 2 is 1.96 bits per heavy atom. The van der Waals surface area contributed by atoms with Gasteiger partial charge in [-0.05, 0) is 42.5 Å². The van der Waals surface area contributed by atoms with Crippen LogP contribution < -0.4 is 5.32 Å². The molecule has 2 heterocycles. The van der Waals surface area contributed by atoms with Crippen molar-refractivity contribution < 1.29 is 4.79 Å². The van der Waals surface area contributed by atoms with Gasteiger partial charge in [-0.2, -0.15) is 0 Å². The highest BCUT2D eigenvalue weighted by Crippen LogP contribution is 2.30. The Bertz CT molecular complexity index is 1080. The molecule has 0 aliphatic carbocycles. The van der Waals surface area contributed by atoms with Crippen molar-refractivity contribution in [2.75, 3.05) is 5.32 Å². The van der Waals surface area contributed by atoms with Crippen LogP contribution in [0, 0.1) is 0 Å². The van der Waals surface area contributed by atoms with Gasteiger partial charge in [0.1, 0.15) is 10.8 Å². The van der Waals surface area contributed by atoms with Crippen molar-refractivity contribution in [1.82, 2.24) is 9.97 Å². The summed E-state index contributed by atoms with van der Waals surface area (Å²) in [7, 11) is 0. The second-order valence-electron chi connectivity index (χ2n) is 5.50. The number of pyridine rings is 1. The molecule has 2 aromatic carbocycles. The Morgan fingerprint density at radius 1 is 1.12 bits per heavy atom. The smallest absolute Gasteiger partial charge is 0.258 e. The van der Waals surface area contributed by atoms with E-state index < -0.39 is 0 Å². The lowest BCUT2D eigenvalue weighted by atomic mass is 10.2. The third-order valence-electron chi connectivity index (χ3n) is 3.72. The van der Waals surface area contributed by atoms with E-state index in [4.69, 9.17) is 11.6 Å². The zero-order chi connectivity index (χ0) is 18.1. The molecule has 26 heavy (non-hydrogen) atoms. The van der Waals surface area contributed by atoms with E-state index >= 15 is 0 Å². The molecule has 2 aromatic heterocycles. The van der Waals surface area contributed by atoms with E-state index in [1.54, 1.807) is 41.8 Å². The number of fused-ring (bicyclic) bond motifs is 1. The molecule has 128 valence electrons. The van der Waals surface area contributed by atoms with Crippen molar-refractivity contribution in [3.63, 3.8) is 0 Å². The van der Waals surface area contributed by atoms with Crippen LogP contribution in [0.1, 0.15) is 10.4 Å². The Kier molecular flexibility index (Phi) is 4.72. The number of anilines is 1. The van der Waals surface area contributed by atoms with Gasteiger partial charge in [-0.1, -0.05) is 39.7 Å². The predicted molar refractivity (Wildman–Crippen MR) is 110 cm³/mol.